The van der Waals surface area contributed by atoms with Crippen molar-refractivity contribution < 1.29 is 9.84 Å². The van der Waals surface area contributed by atoms with Gasteiger partial charge in [-0.05, 0) is 26.2 Å². The van der Waals surface area contributed by atoms with E-state index >= 15 is 0 Å². The molecule has 1 heterocycles. The van der Waals surface area contributed by atoms with Gasteiger partial charge in [0.05, 0.1) is 17.8 Å². The van der Waals surface area contributed by atoms with E-state index in [1.807, 2.05) is 0 Å². The van der Waals surface area contributed by atoms with Gasteiger partial charge in [0, 0.05) is 6.42 Å². The van der Waals surface area contributed by atoms with Crippen molar-refractivity contribution in [2.24, 2.45) is 5.92 Å². The largest absolute Gasteiger partial charge is 0.389 e. The van der Waals surface area contributed by atoms with Crippen molar-refractivity contribution >= 4 is 0 Å². The molecular formula is C11H22O2. The van der Waals surface area contributed by atoms with Crippen LogP contribution in [0.4, 0.5) is 0 Å². The topological polar surface area (TPSA) is 29.5 Å². The van der Waals surface area contributed by atoms with Gasteiger partial charge in [-0.3, -0.25) is 0 Å². The van der Waals surface area contributed by atoms with Crippen LogP contribution in [0.3, 0.4) is 0 Å². The van der Waals surface area contributed by atoms with Crippen molar-refractivity contribution in [3.05, 3.63) is 0 Å². The molecular weight excluding hydrogens is 164 g/mol. The van der Waals surface area contributed by atoms with Crippen molar-refractivity contribution in [2.45, 2.75) is 58.2 Å². The van der Waals surface area contributed by atoms with E-state index in [0.29, 0.717) is 12.5 Å². The molecule has 2 heteroatoms. The summed E-state index contributed by atoms with van der Waals surface area (Å²) in [5, 5.41) is 10.4. The average Bonchev–Trinajstić information content (AvgIpc) is 2.00. The van der Waals surface area contributed by atoms with Gasteiger partial charge in [0.1, 0.15) is 0 Å². The van der Waals surface area contributed by atoms with E-state index in [1.54, 1.807) is 0 Å². The monoisotopic (exact) mass is 186 g/mol. The molecule has 1 aliphatic heterocycles. The molecule has 0 radical (unpaired) electrons. The number of rotatable bonds is 2. The summed E-state index contributed by atoms with van der Waals surface area (Å²) in [5.74, 6) is 0.371. The van der Waals surface area contributed by atoms with Gasteiger partial charge >= 0.3 is 0 Å². The first kappa shape index (κ1) is 11.0. The Balaban J connectivity index is 2.68. The molecule has 1 rings (SSSR count). The van der Waals surface area contributed by atoms with Crippen LogP contribution < -0.4 is 0 Å². The van der Waals surface area contributed by atoms with Crippen LogP contribution in [-0.4, -0.2) is 22.9 Å². The summed E-state index contributed by atoms with van der Waals surface area (Å²) in [4.78, 5) is 0. The van der Waals surface area contributed by atoms with E-state index in [0.717, 1.165) is 19.3 Å². The maximum atomic E-state index is 10.4. The third-order valence-electron chi connectivity index (χ3n) is 3.29. The van der Waals surface area contributed by atoms with Crippen LogP contribution >= 0.6 is 0 Å². The molecule has 2 unspecified atom stereocenters. The summed E-state index contributed by atoms with van der Waals surface area (Å²) in [6.07, 6.45) is 2.58. The van der Waals surface area contributed by atoms with E-state index in [-0.39, 0.29) is 5.60 Å². The van der Waals surface area contributed by atoms with Gasteiger partial charge in [0.2, 0.25) is 0 Å². The first-order chi connectivity index (χ1) is 5.90. The fourth-order valence-electron chi connectivity index (χ4n) is 2.18. The van der Waals surface area contributed by atoms with Crippen molar-refractivity contribution in [3.8, 4) is 0 Å². The predicted molar refractivity (Wildman–Crippen MR) is 53.7 cm³/mol. The summed E-state index contributed by atoms with van der Waals surface area (Å²) in [6.45, 7) is 9.05. The van der Waals surface area contributed by atoms with Gasteiger partial charge in [-0.1, -0.05) is 20.3 Å². The lowest BCUT2D eigenvalue weighted by Gasteiger charge is -2.44. The third-order valence-corrected chi connectivity index (χ3v) is 3.29. The van der Waals surface area contributed by atoms with Gasteiger partial charge in [0.15, 0.2) is 0 Å². The van der Waals surface area contributed by atoms with Crippen LogP contribution in [0, 0.1) is 5.92 Å². The van der Waals surface area contributed by atoms with Crippen LogP contribution in [0.2, 0.25) is 0 Å². The molecule has 1 saturated heterocycles. The van der Waals surface area contributed by atoms with E-state index in [1.165, 1.54) is 0 Å². The summed E-state index contributed by atoms with van der Waals surface area (Å²) in [5.41, 5.74) is -0.660. The standard InChI is InChI=1S/C11H22O2/c1-5-9(2)11(12)6-7-13-10(3,4)8-11/h9,12H,5-8H2,1-4H3. The molecule has 78 valence electrons. The molecule has 0 spiro atoms. The maximum Gasteiger partial charge on any atom is 0.0722 e. The highest BCUT2D eigenvalue weighted by atomic mass is 16.5. The van der Waals surface area contributed by atoms with Gasteiger partial charge in [-0.2, -0.15) is 0 Å². The number of hydrogen-bond donors (Lipinski definition) is 1. The van der Waals surface area contributed by atoms with Crippen LogP contribution in [0.25, 0.3) is 0 Å². The van der Waals surface area contributed by atoms with Gasteiger partial charge in [-0.25, -0.2) is 0 Å². The molecule has 2 atom stereocenters. The Bertz CT molecular complexity index is 177. The van der Waals surface area contributed by atoms with Crippen LogP contribution in [0.15, 0.2) is 0 Å². The average molecular weight is 186 g/mol. The van der Waals surface area contributed by atoms with E-state index < -0.39 is 5.60 Å². The molecule has 1 aliphatic rings. The maximum absolute atomic E-state index is 10.4. The molecule has 0 aromatic carbocycles. The van der Waals surface area contributed by atoms with Crippen molar-refractivity contribution in [3.63, 3.8) is 0 Å². The highest BCUT2D eigenvalue weighted by Gasteiger charge is 2.42. The quantitative estimate of drug-likeness (QED) is 0.717. The van der Waals surface area contributed by atoms with E-state index in [9.17, 15) is 5.11 Å². The van der Waals surface area contributed by atoms with Crippen molar-refractivity contribution in [2.75, 3.05) is 6.61 Å². The Kier molecular flexibility index (Phi) is 3.03. The second kappa shape index (κ2) is 3.58. The lowest BCUT2D eigenvalue weighted by Crippen LogP contribution is -2.49. The first-order valence-electron chi connectivity index (χ1n) is 5.26. The van der Waals surface area contributed by atoms with E-state index in [4.69, 9.17) is 4.74 Å². The molecule has 1 fully saturated rings. The van der Waals surface area contributed by atoms with Gasteiger partial charge < -0.3 is 9.84 Å². The van der Waals surface area contributed by atoms with E-state index in [2.05, 4.69) is 27.7 Å². The third kappa shape index (κ3) is 2.44. The second-order valence-electron chi connectivity index (χ2n) is 4.95. The molecule has 0 aromatic heterocycles. The highest BCUT2D eigenvalue weighted by molar-refractivity contribution is 4.93. The highest BCUT2D eigenvalue weighted by Crippen LogP contribution is 2.37. The van der Waals surface area contributed by atoms with Crippen LogP contribution in [-0.2, 0) is 4.74 Å². The Morgan fingerprint density at radius 2 is 2.08 bits per heavy atom. The van der Waals surface area contributed by atoms with Crippen molar-refractivity contribution in [1.82, 2.24) is 0 Å². The normalized spacial score (nSPS) is 35.8. The van der Waals surface area contributed by atoms with Crippen molar-refractivity contribution in [1.29, 1.82) is 0 Å². The Hall–Kier alpha value is -0.0800. The number of ether oxygens (including phenoxy) is 1. The minimum atomic E-state index is -0.503. The van der Waals surface area contributed by atoms with Crippen LogP contribution in [0.1, 0.15) is 47.0 Å². The summed E-state index contributed by atoms with van der Waals surface area (Å²) in [6, 6.07) is 0. The van der Waals surface area contributed by atoms with Gasteiger partial charge in [-0.15, -0.1) is 0 Å². The lowest BCUT2D eigenvalue weighted by atomic mass is 9.75. The zero-order chi connectivity index (χ0) is 10.1. The zero-order valence-corrected chi connectivity index (χ0v) is 9.26. The van der Waals surface area contributed by atoms with Gasteiger partial charge in [0.25, 0.3) is 0 Å². The zero-order valence-electron chi connectivity index (χ0n) is 9.26. The molecule has 0 aliphatic carbocycles. The Morgan fingerprint density at radius 3 is 2.54 bits per heavy atom. The first-order valence-corrected chi connectivity index (χ1v) is 5.26. The molecule has 0 aromatic rings. The molecule has 1 N–H and O–H groups in total. The molecule has 0 bridgehead atoms. The summed E-state index contributed by atoms with van der Waals surface area (Å²) < 4.78 is 5.60. The lowest BCUT2D eigenvalue weighted by molar-refractivity contribution is -0.163. The molecule has 0 amide bonds. The van der Waals surface area contributed by atoms with Crippen LogP contribution in [0.5, 0.6) is 0 Å². The summed E-state index contributed by atoms with van der Waals surface area (Å²) >= 11 is 0. The molecule has 13 heavy (non-hydrogen) atoms. The summed E-state index contributed by atoms with van der Waals surface area (Å²) in [7, 11) is 0. The number of hydrogen-bond acceptors (Lipinski definition) is 2. The molecule has 2 nitrogen and oxygen atoms in total. The number of aliphatic hydroxyl groups is 1. The second-order valence-corrected chi connectivity index (χ2v) is 4.95. The smallest absolute Gasteiger partial charge is 0.0722 e. The fourth-order valence-corrected chi connectivity index (χ4v) is 2.18. The fraction of sp³-hybridized carbons (Fsp3) is 1.00. The Morgan fingerprint density at radius 1 is 1.46 bits per heavy atom. The molecule has 0 saturated carbocycles. The minimum Gasteiger partial charge on any atom is -0.389 e. The minimum absolute atomic E-state index is 0.156. The SMILES string of the molecule is CCC(C)C1(O)CCOC(C)(C)C1. The predicted octanol–water partition coefficient (Wildman–Crippen LogP) is 2.35. The Labute approximate surface area is 81.3 Å².